The highest BCUT2D eigenvalue weighted by Crippen LogP contribution is 2.20. The van der Waals surface area contributed by atoms with Crippen LogP contribution in [0.4, 0.5) is 10.1 Å². The topological polar surface area (TPSA) is 29.1 Å². The minimum absolute atomic E-state index is 0.270. The Morgan fingerprint density at radius 2 is 2.00 bits per heavy atom. The number of carbonyl (C=O) groups excluding carboxylic acids is 1. The lowest BCUT2D eigenvalue weighted by atomic mass is 10.2. The molecule has 0 saturated heterocycles. The maximum absolute atomic E-state index is 13.0. The molecule has 2 rings (SSSR count). The lowest BCUT2D eigenvalue weighted by Gasteiger charge is -2.07. The highest BCUT2D eigenvalue weighted by molar-refractivity contribution is 6.31. The second-order valence-corrected chi connectivity index (χ2v) is 4.34. The predicted octanol–water partition coefficient (Wildman–Crippen LogP) is 4.04. The van der Waals surface area contributed by atoms with E-state index < -0.39 is 5.82 Å². The van der Waals surface area contributed by atoms with E-state index in [-0.39, 0.29) is 11.5 Å². The van der Waals surface area contributed by atoms with Gasteiger partial charge in [0, 0.05) is 16.3 Å². The number of carbonyl (C=O) groups is 1. The van der Waals surface area contributed by atoms with Crippen LogP contribution in [-0.2, 0) is 0 Å². The van der Waals surface area contributed by atoms with E-state index in [0.717, 1.165) is 5.56 Å². The van der Waals surface area contributed by atoms with Crippen molar-refractivity contribution in [3.8, 4) is 0 Å². The molecule has 2 aromatic rings. The first-order valence-corrected chi connectivity index (χ1v) is 5.77. The van der Waals surface area contributed by atoms with Crippen molar-refractivity contribution in [1.82, 2.24) is 0 Å². The van der Waals surface area contributed by atoms with Crippen LogP contribution in [0.15, 0.2) is 42.5 Å². The van der Waals surface area contributed by atoms with E-state index in [1.54, 1.807) is 18.2 Å². The van der Waals surface area contributed by atoms with Gasteiger partial charge >= 0.3 is 0 Å². The third-order valence-electron chi connectivity index (χ3n) is 2.52. The van der Waals surface area contributed by atoms with Crippen molar-refractivity contribution in [2.75, 3.05) is 5.32 Å². The van der Waals surface area contributed by atoms with Gasteiger partial charge in [0.1, 0.15) is 5.82 Å². The first kappa shape index (κ1) is 12.6. The number of halogens is 2. The molecular formula is C14H11ClFNO. The summed E-state index contributed by atoms with van der Waals surface area (Å²) in [5.74, 6) is -0.806. The van der Waals surface area contributed by atoms with Crippen LogP contribution in [0.25, 0.3) is 0 Å². The number of amides is 1. The smallest absolute Gasteiger partial charge is 0.255 e. The zero-order valence-electron chi connectivity index (χ0n) is 9.71. The first-order valence-electron chi connectivity index (χ1n) is 5.39. The van der Waals surface area contributed by atoms with Crippen LogP contribution >= 0.6 is 11.6 Å². The summed E-state index contributed by atoms with van der Waals surface area (Å²) in [6, 6.07) is 10.7. The average Bonchev–Trinajstić information content (AvgIpc) is 2.34. The number of hydrogen-bond acceptors (Lipinski definition) is 1. The van der Waals surface area contributed by atoms with Gasteiger partial charge in [-0.2, -0.15) is 0 Å². The van der Waals surface area contributed by atoms with E-state index in [0.29, 0.717) is 10.7 Å². The van der Waals surface area contributed by atoms with Crippen LogP contribution in [0, 0.1) is 12.7 Å². The van der Waals surface area contributed by atoms with Gasteiger partial charge in [-0.05, 0) is 42.8 Å². The fourth-order valence-electron chi connectivity index (χ4n) is 1.50. The highest BCUT2D eigenvalue weighted by Gasteiger charge is 2.07. The van der Waals surface area contributed by atoms with Gasteiger partial charge in [0.2, 0.25) is 0 Å². The molecule has 1 amide bonds. The summed E-state index contributed by atoms with van der Waals surface area (Å²) in [6.07, 6.45) is 0. The molecule has 0 heterocycles. The Bertz CT molecular complexity index is 598. The van der Waals surface area contributed by atoms with Gasteiger partial charge in [-0.15, -0.1) is 0 Å². The second kappa shape index (κ2) is 5.19. The summed E-state index contributed by atoms with van der Waals surface area (Å²) in [7, 11) is 0. The molecule has 0 fully saturated rings. The van der Waals surface area contributed by atoms with Crippen LogP contribution in [0.5, 0.6) is 0 Å². The Morgan fingerprint density at radius 3 is 2.67 bits per heavy atom. The van der Waals surface area contributed by atoms with E-state index in [1.807, 2.05) is 13.0 Å². The van der Waals surface area contributed by atoms with Crippen LogP contribution in [-0.4, -0.2) is 5.91 Å². The van der Waals surface area contributed by atoms with E-state index in [9.17, 15) is 9.18 Å². The number of rotatable bonds is 2. The minimum atomic E-state index is -0.440. The zero-order chi connectivity index (χ0) is 13.1. The van der Waals surface area contributed by atoms with Crippen LogP contribution < -0.4 is 5.32 Å². The number of nitrogens with one attached hydrogen (secondary N) is 1. The third kappa shape index (κ3) is 2.87. The van der Waals surface area contributed by atoms with Gasteiger partial charge in [0.25, 0.3) is 5.91 Å². The Balaban J connectivity index is 2.18. The lowest BCUT2D eigenvalue weighted by molar-refractivity contribution is 0.102. The molecule has 0 aliphatic heterocycles. The van der Waals surface area contributed by atoms with Crippen LogP contribution in [0.3, 0.4) is 0 Å². The monoisotopic (exact) mass is 263 g/mol. The molecule has 2 nitrogen and oxygen atoms in total. The van der Waals surface area contributed by atoms with Gasteiger partial charge in [-0.25, -0.2) is 4.39 Å². The maximum Gasteiger partial charge on any atom is 0.255 e. The molecular weight excluding hydrogens is 253 g/mol. The van der Waals surface area contributed by atoms with Gasteiger partial charge in [0.05, 0.1) is 0 Å². The molecule has 0 aliphatic rings. The number of anilines is 1. The molecule has 0 aliphatic carbocycles. The van der Waals surface area contributed by atoms with Crippen molar-refractivity contribution in [3.05, 3.63) is 64.4 Å². The van der Waals surface area contributed by atoms with Crippen LogP contribution in [0.1, 0.15) is 15.9 Å². The standard InChI is InChI=1S/C14H11ClFNO/c1-9-5-6-12(8-13(9)15)17-14(18)10-3-2-4-11(16)7-10/h2-8H,1H3,(H,17,18). The Labute approximate surface area is 109 Å². The van der Waals surface area contributed by atoms with Crippen molar-refractivity contribution in [2.24, 2.45) is 0 Å². The predicted molar refractivity (Wildman–Crippen MR) is 70.5 cm³/mol. The van der Waals surface area contributed by atoms with E-state index in [4.69, 9.17) is 11.6 Å². The molecule has 0 spiro atoms. The SMILES string of the molecule is Cc1ccc(NC(=O)c2cccc(F)c2)cc1Cl. The minimum Gasteiger partial charge on any atom is -0.322 e. The molecule has 92 valence electrons. The first-order chi connectivity index (χ1) is 8.56. The highest BCUT2D eigenvalue weighted by atomic mass is 35.5. The van der Waals surface area contributed by atoms with Gasteiger partial charge in [0.15, 0.2) is 0 Å². The summed E-state index contributed by atoms with van der Waals surface area (Å²) < 4.78 is 13.0. The number of hydrogen-bond donors (Lipinski definition) is 1. The van der Waals surface area contributed by atoms with Crippen LogP contribution in [0.2, 0.25) is 5.02 Å². The van der Waals surface area contributed by atoms with Gasteiger partial charge < -0.3 is 5.32 Å². The van der Waals surface area contributed by atoms with Crippen molar-refractivity contribution in [1.29, 1.82) is 0 Å². The van der Waals surface area contributed by atoms with E-state index >= 15 is 0 Å². The molecule has 0 radical (unpaired) electrons. The number of aryl methyl sites for hydroxylation is 1. The maximum atomic E-state index is 13.0. The number of benzene rings is 2. The molecule has 1 N–H and O–H groups in total. The zero-order valence-corrected chi connectivity index (χ0v) is 10.5. The molecule has 0 atom stereocenters. The summed E-state index contributed by atoms with van der Waals surface area (Å²) in [5, 5.41) is 3.24. The van der Waals surface area contributed by atoms with E-state index in [2.05, 4.69) is 5.32 Å². The fraction of sp³-hybridized carbons (Fsp3) is 0.0714. The van der Waals surface area contributed by atoms with Crippen molar-refractivity contribution in [2.45, 2.75) is 6.92 Å². The van der Waals surface area contributed by atoms with E-state index in [1.165, 1.54) is 18.2 Å². The molecule has 18 heavy (non-hydrogen) atoms. The molecule has 0 bridgehead atoms. The second-order valence-electron chi connectivity index (χ2n) is 3.93. The third-order valence-corrected chi connectivity index (χ3v) is 2.92. The summed E-state index contributed by atoms with van der Waals surface area (Å²) >= 11 is 5.96. The largest absolute Gasteiger partial charge is 0.322 e. The van der Waals surface area contributed by atoms with Crippen molar-refractivity contribution < 1.29 is 9.18 Å². The average molecular weight is 264 g/mol. The Hall–Kier alpha value is -1.87. The van der Waals surface area contributed by atoms with Gasteiger partial charge in [-0.3, -0.25) is 4.79 Å². The lowest BCUT2D eigenvalue weighted by Crippen LogP contribution is -2.12. The van der Waals surface area contributed by atoms with Crippen molar-refractivity contribution >= 4 is 23.2 Å². The molecule has 2 aromatic carbocycles. The Kier molecular flexibility index (Phi) is 3.63. The van der Waals surface area contributed by atoms with Crippen molar-refractivity contribution in [3.63, 3.8) is 0 Å². The quantitative estimate of drug-likeness (QED) is 0.870. The molecule has 0 unspecified atom stereocenters. The fourth-order valence-corrected chi connectivity index (χ4v) is 1.68. The Morgan fingerprint density at radius 1 is 1.22 bits per heavy atom. The molecule has 4 heteroatoms. The molecule has 0 aromatic heterocycles. The van der Waals surface area contributed by atoms with Gasteiger partial charge in [-0.1, -0.05) is 23.7 Å². The normalized spacial score (nSPS) is 10.2. The summed E-state index contributed by atoms with van der Waals surface area (Å²) in [5.41, 5.74) is 1.78. The molecule has 0 saturated carbocycles. The summed E-state index contributed by atoms with van der Waals surface area (Å²) in [6.45, 7) is 1.88. The summed E-state index contributed by atoms with van der Waals surface area (Å²) in [4.78, 5) is 11.8.